The van der Waals surface area contributed by atoms with Gasteiger partial charge in [0.1, 0.15) is 11.8 Å². The molecule has 0 radical (unpaired) electrons. The minimum absolute atomic E-state index is 0.0449. The standard InChI is InChI=1S/C27H26ClN3O3S/c1-2-34-23-14-12-22(13-15-23)31-25(32)18-24(26(31)33)30(17-16-19-6-4-3-5-7-19)27(35)29-21-10-8-20(28)9-11-21/h3-15,24H,2,16-18H2,1H3,(H,29,35). The fraction of sp³-hybridized carbons (Fsp3) is 0.222. The maximum absolute atomic E-state index is 13.5. The molecule has 1 heterocycles. The molecule has 35 heavy (non-hydrogen) atoms. The molecule has 2 amide bonds. The van der Waals surface area contributed by atoms with E-state index in [2.05, 4.69) is 5.32 Å². The predicted molar refractivity (Wildman–Crippen MR) is 143 cm³/mol. The lowest BCUT2D eigenvalue weighted by Crippen LogP contribution is -2.48. The monoisotopic (exact) mass is 507 g/mol. The molecule has 0 bridgehead atoms. The quantitative estimate of drug-likeness (QED) is 0.329. The summed E-state index contributed by atoms with van der Waals surface area (Å²) < 4.78 is 5.48. The van der Waals surface area contributed by atoms with Gasteiger partial charge in [-0.2, -0.15) is 0 Å². The molecule has 1 N–H and O–H groups in total. The zero-order valence-electron chi connectivity index (χ0n) is 19.3. The van der Waals surface area contributed by atoms with Crippen LogP contribution in [0.2, 0.25) is 5.02 Å². The van der Waals surface area contributed by atoms with Gasteiger partial charge in [0.25, 0.3) is 5.91 Å². The first-order valence-corrected chi connectivity index (χ1v) is 12.2. The number of benzene rings is 3. The Morgan fingerprint density at radius 3 is 2.40 bits per heavy atom. The molecule has 1 aliphatic rings. The number of hydrogen-bond acceptors (Lipinski definition) is 4. The van der Waals surface area contributed by atoms with Crippen LogP contribution in [-0.2, 0) is 16.0 Å². The molecule has 4 rings (SSSR count). The van der Waals surface area contributed by atoms with Crippen LogP contribution in [0.1, 0.15) is 18.9 Å². The van der Waals surface area contributed by atoms with Crippen LogP contribution >= 0.6 is 23.8 Å². The van der Waals surface area contributed by atoms with E-state index in [1.54, 1.807) is 36.4 Å². The van der Waals surface area contributed by atoms with E-state index in [-0.39, 0.29) is 18.2 Å². The van der Waals surface area contributed by atoms with Crippen LogP contribution in [0.5, 0.6) is 5.75 Å². The summed E-state index contributed by atoms with van der Waals surface area (Å²) in [6.45, 7) is 2.92. The molecule has 6 nitrogen and oxygen atoms in total. The summed E-state index contributed by atoms with van der Waals surface area (Å²) >= 11 is 11.7. The van der Waals surface area contributed by atoms with Gasteiger partial charge in [-0.05, 0) is 79.7 Å². The lowest BCUT2D eigenvalue weighted by molar-refractivity contribution is -0.122. The molecule has 0 aromatic heterocycles. The number of nitrogens with one attached hydrogen (secondary N) is 1. The molecule has 0 aliphatic carbocycles. The number of ether oxygens (including phenoxy) is 1. The molecule has 1 saturated heterocycles. The lowest BCUT2D eigenvalue weighted by atomic mass is 10.1. The van der Waals surface area contributed by atoms with Crippen LogP contribution in [-0.4, -0.2) is 41.0 Å². The molecule has 3 aromatic carbocycles. The number of rotatable bonds is 8. The van der Waals surface area contributed by atoms with Gasteiger partial charge in [-0.15, -0.1) is 0 Å². The van der Waals surface area contributed by atoms with Gasteiger partial charge in [0.05, 0.1) is 18.7 Å². The van der Waals surface area contributed by atoms with Crippen molar-refractivity contribution in [3.63, 3.8) is 0 Å². The number of anilines is 2. The third-order valence-electron chi connectivity index (χ3n) is 5.75. The van der Waals surface area contributed by atoms with E-state index in [4.69, 9.17) is 28.6 Å². The predicted octanol–water partition coefficient (Wildman–Crippen LogP) is 5.31. The van der Waals surface area contributed by atoms with Gasteiger partial charge in [-0.3, -0.25) is 9.59 Å². The SMILES string of the molecule is CCOc1ccc(N2C(=O)CC(N(CCc3ccccc3)C(=S)Nc3ccc(Cl)cc3)C2=O)cc1. The molecule has 1 atom stereocenters. The minimum Gasteiger partial charge on any atom is -0.494 e. The van der Waals surface area contributed by atoms with E-state index in [0.717, 1.165) is 11.3 Å². The first kappa shape index (κ1) is 24.7. The number of hydrogen-bond donors (Lipinski definition) is 1. The maximum atomic E-state index is 13.5. The smallest absolute Gasteiger partial charge is 0.257 e. The summed E-state index contributed by atoms with van der Waals surface area (Å²) in [7, 11) is 0. The molecular weight excluding hydrogens is 482 g/mol. The van der Waals surface area contributed by atoms with E-state index in [0.29, 0.717) is 41.1 Å². The Labute approximate surface area is 215 Å². The van der Waals surface area contributed by atoms with Crippen molar-refractivity contribution in [1.29, 1.82) is 0 Å². The molecule has 3 aromatic rings. The van der Waals surface area contributed by atoms with Gasteiger partial charge in [-0.1, -0.05) is 41.9 Å². The Balaban J connectivity index is 1.56. The Morgan fingerprint density at radius 2 is 1.74 bits per heavy atom. The minimum atomic E-state index is -0.704. The molecule has 180 valence electrons. The van der Waals surface area contributed by atoms with Crippen molar-refractivity contribution >= 4 is 52.1 Å². The summed E-state index contributed by atoms with van der Waals surface area (Å²) in [4.78, 5) is 29.5. The van der Waals surface area contributed by atoms with Crippen LogP contribution in [0.15, 0.2) is 78.9 Å². The number of carbonyl (C=O) groups excluding carboxylic acids is 2. The summed E-state index contributed by atoms with van der Waals surface area (Å²) in [5, 5.41) is 4.19. The summed E-state index contributed by atoms with van der Waals surface area (Å²) in [5.74, 6) is 0.125. The maximum Gasteiger partial charge on any atom is 0.257 e. The van der Waals surface area contributed by atoms with Crippen molar-refractivity contribution in [3.05, 3.63) is 89.4 Å². The molecule has 1 unspecified atom stereocenters. The second-order valence-corrected chi connectivity index (χ2v) is 8.90. The van der Waals surface area contributed by atoms with E-state index in [9.17, 15) is 9.59 Å². The van der Waals surface area contributed by atoms with Gasteiger partial charge in [0.2, 0.25) is 5.91 Å². The number of halogens is 1. The highest BCUT2D eigenvalue weighted by Crippen LogP contribution is 2.28. The van der Waals surface area contributed by atoms with Gasteiger partial charge in [0, 0.05) is 17.3 Å². The Kier molecular flexibility index (Phi) is 8.00. The number of nitrogens with zero attached hydrogens (tertiary/aromatic N) is 2. The fourth-order valence-corrected chi connectivity index (χ4v) is 4.47. The highest BCUT2D eigenvalue weighted by molar-refractivity contribution is 7.80. The highest BCUT2D eigenvalue weighted by Gasteiger charge is 2.43. The molecule has 1 fully saturated rings. The number of amides is 2. The fourth-order valence-electron chi connectivity index (χ4n) is 4.01. The zero-order chi connectivity index (χ0) is 24.8. The summed E-state index contributed by atoms with van der Waals surface area (Å²) in [6.07, 6.45) is 0.716. The van der Waals surface area contributed by atoms with Crippen molar-refractivity contribution in [3.8, 4) is 5.75 Å². The molecule has 0 saturated carbocycles. The lowest BCUT2D eigenvalue weighted by Gasteiger charge is -2.30. The molecule has 8 heteroatoms. The summed E-state index contributed by atoms with van der Waals surface area (Å²) in [6, 6.07) is 23.4. The average Bonchev–Trinajstić information content (AvgIpc) is 3.15. The summed E-state index contributed by atoms with van der Waals surface area (Å²) in [5.41, 5.74) is 2.39. The van der Waals surface area contributed by atoms with Crippen LogP contribution in [0.25, 0.3) is 0 Å². The second-order valence-electron chi connectivity index (χ2n) is 8.08. The van der Waals surface area contributed by atoms with Crippen molar-refractivity contribution in [1.82, 2.24) is 4.90 Å². The van der Waals surface area contributed by atoms with Crippen LogP contribution in [0, 0.1) is 0 Å². The van der Waals surface area contributed by atoms with E-state index in [1.807, 2.05) is 54.3 Å². The Morgan fingerprint density at radius 1 is 1.06 bits per heavy atom. The Hall–Kier alpha value is -3.42. The van der Waals surface area contributed by atoms with Crippen LogP contribution in [0.4, 0.5) is 11.4 Å². The number of thiocarbonyl (C=S) groups is 1. The highest BCUT2D eigenvalue weighted by atomic mass is 35.5. The van der Waals surface area contributed by atoms with E-state index in [1.165, 1.54) is 4.90 Å². The molecular formula is C27H26ClN3O3S. The van der Waals surface area contributed by atoms with Crippen molar-refractivity contribution in [2.75, 3.05) is 23.4 Å². The Bertz CT molecular complexity index is 1190. The third-order valence-corrected chi connectivity index (χ3v) is 6.33. The normalized spacial score (nSPS) is 15.3. The van der Waals surface area contributed by atoms with Crippen LogP contribution in [0.3, 0.4) is 0 Å². The van der Waals surface area contributed by atoms with Gasteiger partial charge in [0.15, 0.2) is 5.11 Å². The topological polar surface area (TPSA) is 61.9 Å². The zero-order valence-corrected chi connectivity index (χ0v) is 20.9. The van der Waals surface area contributed by atoms with Crippen molar-refractivity contribution in [2.45, 2.75) is 25.8 Å². The second kappa shape index (κ2) is 11.3. The van der Waals surface area contributed by atoms with E-state index >= 15 is 0 Å². The van der Waals surface area contributed by atoms with Gasteiger partial charge < -0.3 is 15.0 Å². The van der Waals surface area contributed by atoms with E-state index < -0.39 is 6.04 Å². The first-order valence-electron chi connectivity index (χ1n) is 11.4. The largest absolute Gasteiger partial charge is 0.494 e. The van der Waals surface area contributed by atoms with Gasteiger partial charge in [-0.25, -0.2) is 4.90 Å². The number of carbonyl (C=O) groups is 2. The average molecular weight is 508 g/mol. The third kappa shape index (κ3) is 5.99. The first-order chi connectivity index (χ1) is 17.0. The van der Waals surface area contributed by atoms with Crippen molar-refractivity contribution in [2.24, 2.45) is 0 Å². The number of imide groups is 1. The van der Waals surface area contributed by atoms with Crippen molar-refractivity contribution < 1.29 is 14.3 Å². The molecule has 0 spiro atoms. The van der Waals surface area contributed by atoms with Crippen LogP contribution < -0.4 is 15.0 Å². The van der Waals surface area contributed by atoms with Gasteiger partial charge >= 0.3 is 0 Å². The molecule has 1 aliphatic heterocycles.